The van der Waals surface area contributed by atoms with Crippen LogP contribution in [0.3, 0.4) is 0 Å². The first kappa shape index (κ1) is 14.5. The third-order valence-corrected chi connectivity index (χ3v) is 3.09. The number of hydrogen-bond acceptors (Lipinski definition) is 6. The van der Waals surface area contributed by atoms with Crippen LogP contribution in [0.25, 0.3) is 0 Å². The van der Waals surface area contributed by atoms with Gasteiger partial charge in [0.15, 0.2) is 0 Å². The number of ether oxygens (including phenoxy) is 1. The van der Waals surface area contributed by atoms with Gasteiger partial charge in [-0.3, -0.25) is 10.1 Å². The summed E-state index contributed by atoms with van der Waals surface area (Å²) < 4.78 is 5.39. The summed E-state index contributed by atoms with van der Waals surface area (Å²) in [6.45, 7) is 4.16. The van der Waals surface area contributed by atoms with Gasteiger partial charge in [0.1, 0.15) is 11.6 Å². The molecule has 0 amide bonds. The molecule has 0 aliphatic carbocycles. The molecule has 110 valence electrons. The predicted octanol–water partition coefficient (Wildman–Crippen LogP) is 2.40. The Bertz CT molecular complexity index is 461. The molecule has 2 N–H and O–H groups in total. The van der Waals surface area contributed by atoms with Crippen molar-refractivity contribution in [1.29, 1.82) is 0 Å². The third-order valence-electron chi connectivity index (χ3n) is 3.09. The average Bonchev–Trinajstić information content (AvgIpc) is 2.46. The summed E-state index contributed by atoms with van der Waals surface area (Å²) in [7, 11) is 0. The van der Waals surface area contributed by atoms with Crippen LogP contribution in [0, 0.1) is 10.1 Å². The number of pyridine rings is 1. The Balaban J connectivity index is 2.12. The van der Waals surface area contributed by atoms with Crippen LogP contribution < -0.4 is 10.6 Å². The van der Waals surface area contributed by atoms with E-state index in [1.54, 1.807) is 0 Å². The highest BCUT2D eigenvalue weighted by Crippen LogP contribution is 2.22. The maximum atomic E-state index is 11.0. The highest BCUT2D eigenvalue weighted by molar-refractivity contribution is 5.55. The number of nitro groups is 1. The van der Waals surface area contributed by atoms with Crippen LogP contribution in [0.5, 0.6) is 0 Å². The highest BCUT2D eigenvalue weighted by Gasteiger charge is 2.17. The van der Waals surface area contributed by atoms with Crippen molar-refractivity contribution in [2.75, 3.05) is 30.4 Å². The second-order valence-corrected chi connectivity index (χ2v) is 4.84. The quantitative estimate of drug-likeness (QED) is 0.614. The topological polar surface area (TPSA) is 89.3 Å². The maximum absolute atomic E-state index is 11.0. The summed E-state index contributed by atoms with van der Waals surface area (Å²) in [5.74, 6) is 1.05. The zero-order valence-corrected chi connectivity index (χ0v) is 11.6. The van der Waals surface area contributed by atoms with Gasteiger partial charge in [0.2, 0.25) is 0 Å². The van der Waals surface area contributed by atoms with E-state index in [1.807, 2.05) is 6.92 Å². The van der Waals surface area contributed by atoms with E-state index in [0.717, 1.165) is 32.4 Å². The van der Waals surface area contributed by atoms with Crippen molar-refractivity contribution in [3.05, 3.63) is 22.2 Å². The third kappa shape index (κ3) is 4.06. The monoisotopic (exact) mass is 280 g/mol. The fourth-order valence-electron chi connectivity index (χ4n) is 2.10. The van der Waals surface area contributed by atoms with Gasteiger partial charge >= 0.3 is 0 Å². The molecule has 7 nitrogen and oxygen atoms in total. The summed E-state index contributed by atoms with van der Waals surface area (Å²) in [6, 6.07) is 3.08. The molecule has 1 aromatic heterocycles. The van der Waals surface area contributed by atoms with E-state index in [4.69, 9.17) is 4.74 Å². The lowest BCUT2D eigenvalue weighted by Crippen LogP contribution is -2.30. The molecule has 0 radical (unpaired) electrons. The lowest BCUT2D eigenvalue weighted by molar-refractivity contribution is -0.384. The van der Waals surface area contributed by atoms with Gasteiger partial charge in [0.05, 0.1) is 29.7 Å². The SMILES string of the molecule is CCCNc1cc([N+](=O)[O-])cc(NC2CCCOC2)n1. The minimum Gasteiger partial charge on any atom is -0.379 e. The zero-order valence-electron chi connectivity index (χ0n) is 11.6. The van der Waals surface area contributed by atoms with E-state index in [1.165, 1.54) is 12.1 Å². The van der Waals surface area contributed by atoms with E-state index >= 15 is 0 Å². The first-order chi connectivity index (χ1) is 9.69. The van der Waals surface area contributed by atoms with Crippen molar-refractivity contribution in [3.63, 3.8) is 0 Å². The van der Waals surface area contributed by atoms with Crippen LogP contribution in [0.15, 0.2) is 12.1 Å². The molecule has 1 unspecified atom stereocenters. The largest absolute Gasteiger partial charge is 0.379 e. The van der Waals surface area contributed by atoms with Gasteiger partial charge in [-0.05, 0) is 19.3 Å². The molecule has 0 bridgehead atoms. The fourth-order valence-corrected chi connectivity index (χ4v) is 2.10. The van der Waals surface area contributed by atoms with Crippen molar-refractivity contribution in [1.82, 2.24) is 4.98 Å². The van der Waals surface area contributed by atoms with Gasteiger partial charge in [-0.15, -0.1) is 0 Å². The number of hydrogen-bond donors (Lipinski definition) is 2. The van der Waals surface area contributed by atoms with Crippen LogP contribution in [0.4, 0.5) is 17.3 Å². The molecule has 1 saturated heterocycles. The van der Waals surface area contributed by atoms with E-state index in [0.29, 0.717) is 18.2 Å². The lowest BCUT2D eigenvalue weighted by Gasteiger charge is -2.23. The minimum atomic E-state index is -0.401. The number of nitrogens with one attached hydrogen (secondary N) is 2. The standard InChI is InChI=1S/C13H20N4O3/c1-2-5-14-12-7-11(17(18)19)8-13(16-12)15-10-4-3-6-20-9-10/h7-8,10H,2-6,9H2,1H3,(H2,14,15,16). The molecule has 0 saturated carbocycles. The smallest absolute Gasteiger partial charge is 0.276 e. The van der Waals surface area contributed by atoms with E-state index in [-0.39, 0.29) is 11.7 Å². The normalized spacial score (nSPS) is 18.6. The van der Waals surface area contributed by atoms with Gasteiger partial charge in [-0.25, -0.2) is 4.98 Å². The van der Waals surface area contributed by atoms with Gasteiger partial charge in [0.25, 0.3) is 5.69 Å². The molecule has 0 aromatic carbocycles. The molecule has 1 aliphatic heterocycles. The van der Waals surface area contributed by atoms with Crippen molar-refractivity contribution < 1.29 is 9.66 Å². The van der Waals surface area contributed by atoms with E-state index < -0.39 is 4.92 Å². The van der Waals surface area contributed by atoms with Crippen molar-refractivity contribution >= 4 is 17.3 Å². The second kappa shape index (κ2) is 7.04. The number of anilines is 2. The molecule has 7 heteroatoms. The lowest BCUT2D eigenvalue weighted by atomic mass is 10.1. The molecule has 1 atom stereocenters. The molecular weight excluding hydrogens is 260 g/mol. The minimum absolute atomic E-state index is 0.0397. The predicted molar refractivity (Wildman–Crippen MR) is 77.1 cm³/mol. The molecule has 20 heavy (non-hydrogen) atoms. The molecular formula is C13H20N4O3. The highest BCUT2D eigenvalue weighted by atomic mass is 16.6. The molecule has 1 aliphatic rings. The van der Waals surface area contributed by atoms with Crippen LogP contribution in [-0.4, -0.2) is 35.7 Å². The maximum Gasteiger partial charge on any atom is 0.276 e. The first-order valence-corrected chi connectivity index (χ1v) is 6.93. The number of aromatic nitrogens is 1. The van der Waals surface area contributed by atoms with Crippen molar-refractivity contribution in [2.45, 2.75) is 32.2 Å². The Morgan fingerprint density at radius 3 is 2.95 bits per heavy atom. The second-order valence-electron chi connectivity index (χ2n) is 4.84. The van der Waals surface area contributed by atoms with E-state index in [2.05, 4.69) is 15.6 Å². The Hall–Kier alpha value is -1.89. The summed E-state index contributed by atoms with van der Waals surface area (Å²) in [5.41, 5.74) is 0.0397. The van der Waals surface area contributed by atoms with Gasteiger partial charge in [-0.1, -0.05) is 6.92 Å². The van der Waals surface area contributed by atoms with Gasteiger partial charge in [0, 0.05) is 13.2 Å². The number of rotatable bonds is 6. The Kier molecular flexibility index (Phi) is 5.11. The zero-order chi connectivity index (χ0) is 14.4. The molecule has 2 rings (SSSR count). The van der Waals surface area contributed by atoms with Crippen LogP contribution in [0.2, 0.25) is 0 Å². The Labute approximate surface area is 117 Å². The molecule has 1 fully saturated rings. The molecule has 1 aromatic rings. The summed E-state index contributed by atoms with van der Waals surface area (Å²) in [4.78, 5) is 14.9. The summed E-state index contributed by atoms with van der Waals surface area (Å²) >= 11 is 0. The van der Waals surface area contributed by atoms with Crippen LogP contribution in [-0.2, 0) is 4.74 Å². The summed E-state index contributed by atoms with van der Waals surface area (Å²) in [5, 5.41) is 17.3. The van der Waals surface area contributed by atoms with E-state index in [9.17, 15) is 10.1 Å². The molecule has 0 spiro atoms. The van der Waals surface area contributed by atoms with Gasteiger partial charge in [-0.2, -0.15) is 0 Å². The van der Waals surface area contributed by atoms with Crippen molar-refractivity contribution in [2.24, 2.45) is 0 Å². The number of nitrogens with zero attached hydrogens (tertiary/aromatic N) is 2. The Morgan fingerprint density at radius 2 is 2.30 bits per heavy atom. The average molecular weight is 280 g/mol. The van der Waals surface area contributed by atoms with Crippen LogP contribution in [0.1, 0.15) is 26.2 Å². The first-order valence-electron chi connectivity index (χ1n) is 6.93. The molecule has 2 heterocycles. The Morgan fingerprint density at radius 1 is 1.50 bits per heavy atom. The fraction of sp³-hybridized carbons (Fsp3) is 0.615. The summed E-state index contributed by atoms with van der Waals surface area (Å²) in [6.07, 6.45) is 2.92. The van der Waals surface area contributed by atoms with Gasteiger partial charge < -0.3 is 15.4 Å². The van der Waals surface area contributed by atoms with Crippen LogP contribution >= 0.6 is 0 Å². The van der Waals surface area contributed by atoms with Crippen molar-refractivity contribution in [3.8, 4) is 0 Å².